The maximum Gasteiger partial charge on any atom is 0.254 e. The topological polar surface area (TPSA) is 44.9 Å². The third-order valence-electron chi connectivity index (χ3n) is 4.47. The van der Waals surface area contributed by atoms with Gasteiger partial charge in [-0.1, -0.05) is 30.3 Å². The molecule has 0 radical (unpaired) electrons. The van der Waals surface area contributed by atoms with Crippen molar-refractivity contribution in [2.24, 2.45) is 0 Å². The predicted molar refractivity (Wildman–Crippen MR) is 94.9 cm³/mol. The van der Waals surface area contributed by atoms with E-state index in [2.05, 4.69) is 29.4 Å². The molecule has 0 saturated heterocycles. The van der Waals surface area contributed by atoms with Crippen LogP contribution in [0.15, 0.2) is 36.4 Å². The number of hydrogen-bond acceptors (Lipinski definition) is 1. The average Bonchev–Trinajstić information content (AvgIpc) is 2.85. The summed E-state index contributed by atoms with van der Waals surface area (Å²) >= 11 is 0. The minimum atomic E-state index is -0.480. The van der Waals surface area contributed by atoms with Gasteiger partial charge in [-0.15, -0.1) is 0 Å². The minimum Gasteiger partial charge on any atom is -0.358 e. The number of aromatic nitrogens is 1. The molecular formula is C20H21FN2O. The van der Waals surface area contributed by atoms with Crippen molar-refractivity contribution in [3.05, 3.63) is 70.2 Å². The van der Waals surface area contributed by atoms with Crippen molar-refractivity contribution in [3.8, 4) is 0 Å². The van der Waals surface area contributed by atoms with E-state index in [0.717, 1.165) is 11.2 Å². The van der Waals surface area contributed by atoms with E-state index in [9.17, 15) is 9.18 Å². The number of carbonyl (C=O) groups excluding carboxylic acids is 1. The summed E-state index contributed by atoms with van der Waals surface area (Å²) in [6.07, 6.45) is 0.703. The fraction of sp³-hybridized carbons (Fsp3) is 0.250. The van der Waals surface area contributed by atoms with Crippen LogP contribution in [0.3, 0.4) is 0 Å². The first kappa shape index (κ1) is 16.2. The van der Waals surface area contributed by atoms with Crippen LogP contribution in [-0.2, 0) is 6.42 Å². The van der Waals surface area contributed by atoms with Crippen molar-refractivity contribution < 1.29 is 9.18 Å². The number of H-pyrrole nitrogens is 1. The van der Waals surface area contributed by atoms with Gasteiger partial charge in [0.05, 0.1) is 5.56 Å². The lowest BCUT2D eigenvalue weighted by atomic mass is 10.1. The lowest BCUT2D eigenvalue weighted by molar-refractivity contribution is 0.0949. The number of rotatable bonds is 4. The molecule has 0 atom stereocenters. The average molecular weight is 324 g/mol. The van der Waals surface area contributed by atoms with Crippen molar-refractivity contribution in [3.63, 3.8) is 0 Å². The van der Waals surface area contributed by atoms with Crippen molar-refractivity contribution >= 4 is 16.8 Å². The first-order valence-corrected chi connectivity index (χ1v) is 8.09. The molecule has 0 fully saturated rings. The maximum absolute atomic E-state index is 13.9. The molecule has 24 heavy (non-hydrogen) atoms. The Balaban J connectivity index is 1.74. The molecule has 0 bridgehead atoms. The summed E-state index contributed by atoms with van der Waals surface area (Å²) in [6, 6.07) is 10.9. The maximum atomic E-state index is 13.9. The zero-order valence-corrected chi connectivity index (χ0v) is 14.2. The standard InChI is InChI=1S/C20H21FN2O/c1-12-6-5-9-17(21)18(12)20(24)22-11-10-15-14(3)23-19-13(2)7-4-8-16(15)19/h4-9,23H,10-11H2,1-3H3,(H,22,24). The van der Waals surface area contributed by atoms with Gasteiger partial charge in [-0.25, -0.2) is 4.39 Å². The van der Waals surface area contributed by atoms with Gasteiger partial charge in [0.25, 0.3) is 5.91 Å². The molecule has 3 aromatic rings. The first-order valence-electron chi connectivity index (χ1n) is 8.09. The SMILES string of the molecule is Cc1cccc(F)c1C(=O)NCCc1c(C)[nH]c2c(C)cccc12. The van der Waals surface area contributed by atoms with Crippen LogP contribution in [0, 0.1) is 26.6 Å². The monoisotopic (exact) mass is 324 g/mol. The number of benzene rings is 2. The summed E-state index contributed by atoms with van der Waals surface area (Å²) in [4.78, 5) is 15.7. The number of halogens is 1. The molecular weight excluding hydrogens is 303 g/mol. The van der Waals surface area contributed by atoms with Gasteiger partial charge in [0, 0.05) is 23.1 Å². The lowest BCUT2D eigenvalue weighted by Crippen LogP contribution is -2.27. The van der Waals surface area contributed by atoms with Crippen molar-refractivity contribution in [1.82, 2.24) is 10.3 Å². The Morgan fingerprint density at radius 2 is 1.79 bits per heavy atom. The lowest BCUT2D eigenvalue weighted by Gasteiger charge is -2.09. The Morgan fingerprint density at radius 3 is 2.54 bits per heavy atom. The van der Waals surface area contributed by atoms with E-state index in [4.69, 9.17) is 0 Å². The summed E-state index contributed by atoms with van der Waals surface area (Å²) in [5.74, 6) is -0.842. The molecule has 1 aromatic heterocycles. The highest BCUT2D eigenvalue weighted by Gasteiger charge is 2.15. The van der Waals surface area contributed by atoms with Crippen LogP contribution in [0.4, 0.5) is 4.39 Å². The molecule has 2 N–H and O–H groups in total. The van der Waals surface area contributed by atoms with Gasteiger partial charge < -0.3 is 10.3 Å². The van der Waals surface area contributed by atoms with Crippen molar-refractivity contribution in [2.75, 3.05) is 6.54 Å². The molecule has 0 unspecified atom stereocenters. The van der Waals surface area contributed by atoms with Gasteiger partial charge in [-0.3, -0.25) is 4.79 Å². The highest BCUT2D eigenvalue weighted by molar-refractivity contribution is 5.96. The second kappa shape index (κ2) is 6.48. The van der Waals surface area contributed by atoms with E-state index < -0.39 is 5.82 Å². The third kappa shape index (κ3) is 2.92. The number of amides is 1. The van der Waals surface area contributed by atoms with Gasteiger partial charge >= 0.3 is 0 Å². The fourth-order valence-electron chi connectivity index (χ4n) is 3.18. The smallest absolute Gasteiger partial charge is 0.254 e. The van der Waals surface area contributed by atoms with Crippen molar-refractivity contribution in [2.45, 2.75) is 27.2 Å². The number of para-hydroxylation sites is 1. The van der Waals surface area contributed by atoms with E-state index in [1.165, 1.54) is 22.6 Å². The van der Waals surface area contributed by atoms with Crippen LogP contribution in [0.1, 0.15) is 32.7 Å². The summed E-state index contributed by atoms with van der Waals surface area (Å²) in [5.41, 5.74) is 5.42. The summed E-state index contributed by atoms with van der Waals surface area (Å²) in [6.45, 7) is 6.32. The van der Waals surface area contributed by atoms with Crippen LogP contribution in [0.5, 0.6) is 0 Å². The Hall–Kier alpha value is -2.62. The normalized spacial score (nSPS) is 11.0. The number of fused-ring (bicyclic) bond motifs is 1. The molecule has 4 heteroatoms. The van der Waals surface area contributed by atoms with Crippen LogP contribution in [0.25, 0.3) is 10.9 Å². The molecule has 3 nitrogen and oxygen atoms in total. The summed E-state index contributed by atoms with van der Waals surface area (Å²) in [5, 5.41) is 4.02. The molecule has 0 spiro atoms. The van der Waals surface area contributed by atoms with E-state index >= 15 is 0 Å². The van der Waals surface area contributed by atoms with Gasteiger partial charge in [0.1, 0.15) is 5.82 Å². The zero-order chi connectivity index (χ0) is 17.3. The van der Waals surface area contributed by atoms with Crippen molar-refractivity contribution in [1.29, 1.82) is 0 Å². The molecule has 2 aromatic carbocycles. The fourth-order valence-corrected chi connectivity index (χ4v) is 3.18. The van der Waals surface area contributed by atoms with Crippen LogP contribution in [0.2, 0.25) is 0 Å². The molecule has 0 aliphatic rings. The van der Waals surface area contributed by atoms with E-state index in [0.29, 0.717) is 18.5 Å². The van der Waals surface area contributed by atoms with E-state index in [1.807, 2.05) is 13.0 Å². The molecule has 0 saturated carbocycles. The van der Waals surface area contributed by atoms with Crippen LogP contribution < -0.4 is 5.32 Å². The molecule has 3 rings (SSSR count). The van der Waals surface area contributed by atoms with E-state index in [-0.39, 0.29) is 11.5 Å². The molecule has 0 aliphatic heterocycles. The second-order valence-corrected chi connectivity index (χ2v) is 6.16. The number of aryl methyl sites for hydroxylation is 3. The number of carbonyl (C=O) groups is 1. The van der Waals surface area contributed by atoms with Gasteiger partial charge in [0.2, 0.25) is 0 Å². The third-order valence-corrected chi connectivity index (χ3v) is 4.47. The van der Waals surface area contributed by atoms with Gasteiger partial charge in [-0.2, -0.15) is 0 Å². The predicted octanol–water partition coefficient (Wildman–Crippen LogP) is 4.20. The van der Waals surface area contributed by atoms with E-state index in [1.54, 1.807) is 19.1 Å². The molecule has 124 valence electrons. The second-order valence-electron chi connectivity index (χ2n) is 6.16. The highest BCUT2D eigenvalue weighted by atomic mass is 19.1. The Morgan fingerprint density at radius 1 is 1.08 bits per heavy atom. The molecule has 1 amide bonds. The first-order chi connectivity index (χ1) is 11.5. The minimum absolute atomic E-state index is 0.129. The largest absolute Gasteiger partial charge is 0.358 e. The zero-order valence-electron chi connectivity index (χ0n) is 14.2. The Bertz CT molecular complexity index is 891. The number of aromatic amines is 1. The highest BCUT2D eigenvalue weighted by Crippen LogP contribution is 2.24. The summed E-state index contributed by atoms with van der Waals surface area (Å²) in [7, 11) is 0. The molecule has 0 aliphatic carbocycles. The Kier molecular flexibility index (Phi) is 4.38. The van der Waals surface area contributed by atoms with Gasteiger partial charge in [-0.05, 0) is 49.9 Å². The summed E-state index contributed by atoms with van der Waals surface area (Å²) < 4.78 is 13.9. The van der Waals surface area contributed by atoms with Crippen LogP contribution >= 0.6 is 0 Å². The Labute approximate surface area is 140 Å². The number of nitrogens with one attached hydrogen (secondary N) is 2. The quantitative estimate of drug-likeness (QED) is 0.742. The number of hydrogen-bond donors (Lipinski definition) is 2. The molecule has 1 heterocycles. The van der Waals surface area contributed by atoms with Gasteiger partial charge in [0.15, 0.2) is 0 Å². The van der Waals surface area contributed by atoms with Crippen LogP contribution in [-0.4, -0.2) is 17.4 Å².